The lowest BCUT2D eigenvalue weighted by molar-refractivity contribution is 0.0859. The Morgan fingerprint density at radius 3 is 2.69 bits per heavy atom. The molecule has 0 bridgehead atoms. The minimum Gasteiger partial charge on any atom is -0.332 e. The van der Waals surface area contributed by atoms with Crippen molar-refractivity contribution in [2.24, 2.45) is 24.6 Å². The zero-order valence-corrected chi connectivity index (χ0v) is 9.72. The monoisotopic (exact) mass is 221 g/mol. The summed E-state index contributed by atoms with van der Waals surface area (Å²) in [4.78, 5) is 16.3. The summed E-state index contributed by atoms with van der Waals surface area (Å²) in [5.74, 6) is 1.56. The fourth-order valence-electron chi connectivity index (χ4n) is 2.45. The van der Waals surface area contributed by atoms with E-state index >= 15 is 0 Å². The number of carbonyl (C=O) groups excluding carboxylic acids is 1. The highest BCUT2D eigenvalue weighted by atomic mass is 16.1. The molecule has 0 amide bonds. The van der Waals surface area contributed by atoms with Crippen molar-refractivity contribution in [2.75, 3.05) is 6.54 Å². The molecule has 0 radical (unpaired) electrons. The normalized spacial score (nSPS) is 25.6. The molecule has 0 aromatic carbocycles. The molecule has 1 saturated carbocycles. The smallest absolute Gasteiger partial charge is 0.201 e. The van der Waals surface area contributed by atoms with Gasteiger partial charge in [0.1, 0.15) is 0 Å². The third-order valence-electron chi connectivity index (χ3n) is 3.59. The zero-order chi connectivity index (χ0) is 11.5. The van der Waals surface area contributed by atoms with Gasteiger partial charge in [0.25, 0.3) is 0 Å². The fraction of sp³-hybridized carbons (Fsp3) is 0.667. The molecule has 0 spiro atoms. The topological polar surface area (TPSA) is 60.9 Å². The summed E-state index contributed by atoms with van der Waals surface area (Å²) in [7, 11) is 1.87. The highest BCUT2D eigenvalue weighted by Gasteiger charge is 2.28. The molecule has 4 nitrogen and oxygen atoms in total. The molecule has 2 N–H and O–H groups in total. The summed E-state index contributed by atoms with van der Waals surface area (Å²) < 4.78 is 1.80. The van der Waals surface area contributed by atoms with Crippen molar-refractivity contribution < 1.29 is 4.79 Å². The zero-order valence-electron chi connectivity index (χ0n) is 9.72. The van der Waals surface area contributed by atoms with Gasteiger partial charge in [0.15, 0.2) is 5.82 Å². The molecule has 0 atom stereocenters. The average molecular weight is 221 g/mol. The second-order valence-corrected chi connectivity index (χ2v) is 4.68. The maximum atomic E-state index is 12.2. The van der Waals surface area contributed by atoms with E-state index in [4.69, 9.17) is 5.73 Å². The summed E-state index contributed by atoms with van der Waals surface area (Å²) in [6, 6.07) is 0. The van der Waals surface area contributed by atoms with Crippen molar-refractivity contribution in [1.29, 1.82) is 0 Å². The van der Waals surface area contributed by atoms with Gasteiger partial charge in [0.2, 0.25) is 5.78 Å². The van der Waals surface area contributed by atoms with Crippen LogP contribution in [0, 0.1) is 11.8 Å². The summed E-state index contributed by atoms with van der Waals surface area (Å²) in [6.45, 7) is 0.753. The molecule has 0 aliphatic heterocycles. The van der Waals surface area contributed by atoms with Crippen LogP contribution in [-0.4, -0.2) is 21.9 Å². The van der Waals surface area contributed by atoms with Gasteiger partial charge in [-0.05, 0) is 38.1 Å². The Kier molecular flexibility index (Phi) is 3.39. The van der Waals surface area contributed by atoms with Gasteiger partial charge < -0.3 is 10.3 Å². The standard InChI is InChI=1S/C12H19N3O/c1-15-7-6-14-12(15)11(16)10-4-2-9(8-13)3-5-10/h6-7,9-10H,2-5,8,13H2,1H3. The molecule has 0 saturated heterocycles. The summed E-state index contributed by atoms with van der Waals surface area (Å²) in [6.07, 6.45) is 7.59. The van der Waals surface area contributed by atoms with Gasteiger partial charge in [-0.2, -0.15) is 0 Å². The Labute approximate surface area is 95.9 Å². The van der Waals surface area contributed by atoms with Crippen LogP contribution in [0.2, 0.25) is 0 Å². The third-order valence-corrected chi connectivity index (χ3v) is 3.59. The molecular formula is C12H19N3O. The molecule has 4 heteroatoms. The predicted molar refractivity (Wildman–Crippen MR) is 62.0 cm³/mol. The van der Waals surface area contributed by atoms with E-state index in [-0.39, 0.29) is 11.7 Å². The van der Waals surface area contributed by atoms with Crippen LogP contribution >= 0.6 is 0 Å². The molecule has 1 aliphatic carbocycles. The molecule has 1 aliphatic rings. The first-order valence-corrected chi connectivity index (χ1v) is 5.94. The lowest BCUT2D eigenvalue weighted by Gasteiger charge is -2.26. The first-order chi connectivity index (χ1) is 7.72. The number of nitrogens with zero attached hydrogens (tertiary/aromatic N) is 2. The van der Waals surface area contributed by atoms with E-state index in [0.717, 1.165) is 32.2 Å². The quantitative estimate of drug-likeness (QED) is 0.784. The van der Waals surface area contributed by atoms with Crippen molar-refractivity contribution in [3.63, 3.8) is 0 Å². The van der Waals surface area contributed by atoms with Crippen LogP contribution in [0.15, 0.2) is 12.4 Å². The van der Waals surface area contributed by atoms with Crippen molar-refractivity contribution in [1.82, 2.24) is 9.55 Å². The van der Waals surface area contributed by atoms with Crippen molar-refractivity contribution in [3.8, 4) is 0 Å². The van der Waals surface area contributed by atoms with Crippen molar-refractivity contribution in [2.45, 2.75) is 25.7 Å². The van der Waals surface area contributed by atoms with E-state index in [1.54, 1.807) is 10.8 Å². The lowest BCUT2D eigenvalue weighted by atomic mass is 9.80. The van der Waals surface area contributed by atoms with E-state index in [1.807, 2.05) is 13.2 Å². The molecule has 2 rings (SSSR count). The van der Waals surface area contributed by atoms with Gasteiger partial charge in [-0.1, -0.05) is 0 Å². The maximum absolute atomic E-state index is 12.2. The molecule has 1 fully saturated rings. The van der Waals surface area contributed by atoms with Crippen LogP contribution in [0.5, 0.6) is 0 Å². The minimum absolute atomic E-state index is 0.156. The Morgan fingerprint density at radius 2 is 2.19 bits per heavy atom. The van der Waals surface area contributed by atoms with Crippen LogP contribution in [0.1, 0.15) is 36.3 Å². The van der Waals surface area contributed by atoms with Crippen LogP contribution in [-0.2, 0) is 7.05 Å². The van der Waals surface area contributed by atoms with Crippen molar-refractivity contribution >= 4 is 5.78 Å². The summed E-state index contributed by atoms with van der Waals surface area (Å²) >= 11 is 0. The predicted octanol–water partition coefficient (Wildman–Crippen LogP) is 1.37. The van der Waals surface area contributed by atoms with Gasteiger partial charge in [-0.3, -0.25) is 4.79 Å². The van der Waals surface area contributed by atoms with Gasteiger partial charge in [0, 0.05) is 25.4 Å². The van der Waals surface area contributed by atoms with Crippen molar-refractivity contribution in [3.05, 3.63) is 18.2 Å². The number of ketones is 1. The van der Waals surface area contributed by atoms with Crippen LogP contribution in [0.25, 0.3) is 0 Å². The van der Waals surface area contributed by atoms with Gasteiger partial charge >= 0.3 is 0 Å². The number of carbonyl (C=O) groups is 1. The number of Topliss-reactive ketones (excluding diaryl/α,β-unsaturated/α-hetero) is 1. The Bertz CT molecular complexity index is 364. The Morgan fingerprint density at radius 1 is 1.50 bits per heavy atom. The molecule has 88 valence electrons. The van der Waals surface area contributed by atoms with E-state index < -0.39 is 0 Å². The SMILES string of the molecule is Cn1ccnc1C(=O)C1CCC(CN)CC1. The van der Waals surface area contributed by atoms with E-state index in [2.05, 4.69) is 4.98 Å². The maximum Gasteiger partial charge on any atom is 0.201 e. The second-order valence-electron chi connectivity index (χ2n) is 4.68. The molecule has 0 unspecified atom stereocenters. The number of aryl methyl sites for hydroxylation is 1. The number of hydrogen-bond acceptors (Lipinski definition) is 3. The largest absolute Gasteiger partial charge is 0.332 e. The third kappa shape index (κ3) is 2.16. The Hall–Kier alpha value is -1.16. The van der Waals surface area contributed by atoms with E-state index in [0.29, 0.717) is 11.7 Å². The fourth-order valence-corrected chi connectivity index (χ4v) is 2.45. The number of imidazole rings is 1. The van der Waals surface area contributed by atoms with Gasteiger partial charge in [0.05, 0.1) is 0 Å². The summed E-state index contributed by atoms with van der Waals surface area (Å²) in [5.41, 5.74) is 5.64. The first-order valence-electron chi connectivity index (χ1n) is 5.94. The molecule has 16 heavy (non-hydrogen) atoms. The minimum atomic E-state index is 0.156. The number of nitrogens with two attached hydrogens (primary N) is 1. The number of aromatic nitrogens is 2. The molecule has 1 aromatic heterocycles. The van der Waals surface area contributed by atoms with Crippen LogP contribution < -0.4 is 5.73 Å². The van der Waals surface area contributed by atoms with E-state index in [1.165, 1.54) is 0 Å². The van der Waals surface area contributed by atoms with Gasteiger partial charge in [-0.25, -0.2) is 4.98 Å². The highest BCUT2D eigenvalue weighted by Crippen LogP contribution is 2.30. The van der Waals surface area contributed by atoms with Gasteiger partial charge in [-0.15, -0.1) is 0 Å². The lowest BCUT2D eigenvalue weighted by Crippen LogP contribution is -2.27. The summed E-state index contributed by atoms with van der Waals surface area (Å²) in [5, 5.41) is 0. The van der Waals surface area contributed by atoms with E-state index in [9.17, 15) is 4.79 Å². The molecule has 1 aromatic rings. The van der Waals surface area contributed by atoms with Crippen LogP contribution in [0.3, 0.4) is 0 Å². The van der Waals surface area contributed by atoms with Crippen LogP contribution in [0.4, 0.5) is 0 Å². The average Bonchev–Trinajstić information content (AvgIpc) is 2.75. The second kappa shape index (κ2) is 4.78. The highest BCUT2D eigenvalue weighted by molar-refractivity contribution is 5.94. The number of rotatable bonds is 3. The first kappa shape index (κ1) is 11.3. The number of hydrogen-bond donors (Lipinski definition) is 1. The Balaban J connectivity index is 2.00. The molecular weight excluding hydrogens is 202 g/mol. The molecule has 1 heterocycles.